The van der Waals surface area contributed by atoms with Crippen LogP contribution in [0.3, 0.4) is 0 Å². The zero-order valence-electron chi connectivity index (χ0n) is 15.2. The summed E-state index contributed by atoms with van der Waals surface area (Å²) in [5, 5.41) is 2.85. The summed E-state index contributed by atoms with van der Waals surface area (Å²) < 4.78 is 6.23. The second-order valence-electron chi connectivity index (χ2n) is 6.34. The predicted octanol–water partition coefficient (Wildman–Crippen LogP) is 2.84. The molecule has 3 rings (SSSR count). The fourth-order valence-corrected chi connectivity index (χ4v) is 3.52. The first kappa shape index (κ1) is 19.6. The number of nitrogens with one attached hydrogen (secondary N) is 1. The minimum Gasteiger partial charge on any atom is -0.378 e. The van der Waals surface area contributed by atoms with Gasteiger partial charge in [-0.3, -0.25) is 9.59 Å². The van der Waals surface area contributed by atoms with Gasteiger partial charge in [0, 0.05) is 35.1 Å². The van der Waals surface area contributed by atoms with Gasteiger partial charge in [0.05, 0.1) is 25.3 Å². The third kappa shape index (κ3) is 5.20. The van der Waals surface area contributed by atoms with Crippen molar-refractivity contribution in [3.63, 3.8) is 0 Å². The van der Waals surface area contributed by atoms with E-state index in [-0.39, 0.29) is 18.4 Å². The number of carbonyl (C=O) groups excluding carboxylic acids is 2. The summed E-state index contributed by atoms with van der Waals surface area (Å²) >= 11 is 2.12. The molecule has 0 aromatic heterocycles. The SMILES string of the molecule is CN(CC(=O)Nc1ccc(N2CCOCC2)cc1)C(=O)c1ccccc1I. The van der Waals surface area contributed by atoms with Crippen LogP contribution in [-0.4, -0.2) is 56.6 Å². The molecule has 1 aliphatic rings. The Balaban J connectivity index is 1.55. The average molecular weight is 479 g/mol. The molecule has 0 bridgehead atoms. The molecule has 0 unspecified atom stereocenters. The lowest BCUT2D eigenvalue weighted by Gasteiger charge is -2.28. The standard InChI is InChI=1S/C20H22IN3O3/c1-23(20(26)17-4-2-3-5-18(17)21)14-19(25)22-15-6-8-16(9-7-15)24-10-12-27-13-11-24/h2-9H,10-14H2,1H3,(H,22,25). The van der Waals surface area contributed by atoms with Crippen molar-refractivity contribution in [2.75, 3.05) is 50.1 Å². The van der Waals surface area contributed by atoms with Gasteiger partial charge in [-0.25, -0.2) is 0 Å². The molecule has 0 radical (unpaired) electrons. The van der Waals surface area contributed by atoms with E-state index < -0.39 is 0 Å². The second-order valence-corrected chi connectivity index (χ2v) is 7.50. The number of benzene rings is 2. The van der Waals surface area contributed by atoms with Crippen LogP contribution in [0.25, 0.3) is 0 Å². The highest BCUT2D eigenvalue weighted by atomic mass is 127. The minimum atomic E-state index is -0.226. The first-order valence-corrected chi connectivity index (χ1v) is 9.85. The molecule has 0 aliphatic carbocycles. The fourth-order valence-electron chi connectivity index (χ4n) is 2.91. The van der Waals surface area contributed by atoms with Gasteiger partial charge in [-0.05, 0) is 59.0 Å². The Morgan fingerprint density at radius 3 is 2.44 bits per heavy atom. The van der Waals surface area contributed by atoms with E-state index in [0.29, 0.717) is 11.3 Å². The first-order valence-electron chi connectivity index (χ1n) is 8.77. The summed E-state index contributed by atoms with van der Waals surface area (Å²) in [4.78, 5) is 28.5. The van der Waals surface area contributed by atoms with E-state index in [1.807, 2.05) is 42.5 Å². The molecular formula is C20H22IN3O3. The monoisotopic (exact) mass is 479 g/mol. The Morgan fingerprint density at radius 1 is 1.11 bits per heavy atom. The number of likely N-dealkylation sites (N-methyl/N-ethyl adjacent to an activating group) is 1. The minimum absolute atomic E-state index is 0.00494. The van der Waals surface area contributed by atoms with Crippen molar-refractivity contribution in [2.24, 2.45) is 0 Å². The Morgan fingerprint density at radius 2 is 1.78 bits per heavy atom. The number of rotatable bonds is 5. The number of halogens is 1. The molecule has 1 aliphatic heterocycles. The molecule has 1 saturated heterocycles. The lowest BCUT2D eigenvalue weighted by Crippen LogP contribution is -2.36. The molecule has 1 N–H and O–H groups in total. The lowest BCUT2D eigenvalue weighted by molar-refractivity contribution is -0.116. The van der Waals surface area contributed by atoms with Crippen LogP contribution in [-0.2, 0) is 9.53 Å². The highest BCUT2D eigenvalue weighted by Gasteiger charge is 2.17. The average Bonchev–Trinajstić information content (AvgIpc) is 2.69. The van der Waals surface area contributed by atoms with Crippen molar-refractivity contribution >= 4 is 45.8 Å². The zero-order valence-corrected chi connectivity index (χ0v) is 17.3. The lowest BCUT2D eigenvalue weighted by atomic mass is 10.2. The van der Waals surface area contributed by atoms with Crippen molar-refractivity contribution in [3.05, 3.63) is 57.7 Å². The van der Waals surface area contributed by atoms with Gasteiger partial charge >= 0.3 is 0 Å². The smallest absolute Gasteiger partial charge is 0.255 e. The van der Waals surface area contributed by atoms with Crippen LogP contribution in [0, 0.1) is 3.57 Å². The molecule has 2 amide bonds. The first-order chi connectivity index (χ1) is 13.0. The molecule has 1 fully saturated rings. The number of hydrogen-bond donors (Lipinski definition) is 1. The van der Waals surface area contributed by atoms with Crippen molar-refractivity contribution in [3.8, 4) is 0 Å². The number of nitrogens with zero attached hydrogens (tertiary/aromatic N) is 2. The Bertz CT molecular complexity index is 804. The molecule has 0 saturated carbocycles. The molecule has 0 atom stereocenters. The number of carbonyl (C=O) groups is 2. The van der Waals surface area contributed by atoms with Gasteiger partial charge in [0.2, 0.25) is 5.91 Å². The maximum atomic E-state index is 12.5. The van der Waals surface area contributed by atoms with E-state index in [1.54, 1.807) is 13.1 Å². The van der Waals surface area contributed by atoms with Gasteiger partial charge < -0.3 is 19.9 Å². The van der Waals surface area contributed by atoms with Gasteiger partial charge in [0.15, 0.2) is 0 Å². The van der Waals surface area contributed by atoms with E-state index >= 15 is 0 Å². The summed E-state index contributed by atoms with van der Waals surface area (Å²) in [7, 11) is 1.63. The van der Waals surface area contributed by atoms with Crippen LogP contribution >= 0.6 is 22.6 Å². The van der Waals surface area contributed by atoms with Crippen LogP contribution in [0.5, 0.6) is 0 Å². The number of anilines is 2. The molecule has 27 heavy (non-hydrogen) atoms. The Kier molecular flexibility index (Phi) is 6.68. The van der Waals surface area contributed by atoms with Gasteiger partial charge in [-0.2, -0.15) is 0 Å². The molecule has 0 spiro atoms. The number of ether oxygens (including phenoxy) is 1. The third-order valence-corrected chi connectivity index (χ3v) is 5.30. The van der Waals surface area contributed by atoms with E-state index in [9.17, 15) is 9.59 Å². The molecule has 7 heteroatoms. The van der Waals surface area contributed by atoms with E-state index in [2.05, 4.69) is 32.8 Å². The van der Waals surface area contributed by atoms with Crippen molar-refractivity contribution in [2.45, 2.75) is 0 Å². The summed E-state index contributed by atoms with van der Waals surface area (Å²) in [6.07, 6.45) is 0. The summed E-state index contributed by atoms with van der Waals surface area (Å²) in [6.45, 7) is 3.21. The quantitative estimate of drug-likeness (QED) is 0.671. The van der Waals surface area contributed by atoms with Gasteiger partial charge in [0.25, 0.3) is 5.91 Å². The number of hydrogen-bond acceptors (Lipinski definition) is 4. The second kappa shape index (κ2) is 9.18. The van der Waals surface area contributed by atoms with E-state index in [0.717, 1.165) is 35.6 Å². The normalized spacial score (nSPS) is 13.9. The van der Waals surface area contributed by atoms with Gasteiger partial charge in [0.1, 0.15) is 0 Å². The predicted molar refractivity (Wildman–Crippen MR) is 114 cm³/mol. The van der Waals surface area contributed by atoms with Crippen LogP contribution in [0.2, 0.25) is 0 Å². The fraction of sp³-hybridized carbons (Fsp3) is 0.300. The van der Waals surface area contributed by atoms with Crippen molar-refractivity contribution in [1.29, 1.82) is 0 Å². The molecule has 6 nitrogen and oxygen atoms in total. The number of morpholine rings is 1. The highest BCUT2D eigenvalue weighted by molar-refractivity contribution is 14.1. The maximum Gasteiger partial charge on any atom is 0.255 e. The van der Waals surface area contributed by atoms with Crippen molar-refractivity contribution in [1.82, 2.24) is 4.90 Å². The molecular weight excluding hydrogens is 457 g/mol. The summed E-state index contributed by atoms with van der Waals surface area (Å²) in [6, 6.07) is 15.1. The Labute approximate surface area is 172 Å². The molecule has 2 aromatic carbocycles. The largest absolute Gasteiger partial charge is 0.378 e. The van der Waals surface area contributed by atoms with E-state index in [4.69, 9.17) is 4.74 Å². The van der Waals surface area contributed by atoms with Crippen LogP contribution in [0.15, 0.2) is 48.5 Å². The summed E-state index contributed by atoms with van der Waals surface area (Å²) in [5.74, 6) is -0.395. The van der Waals surface area contributed by atoms with Crippen LogP contribution in [0.1, 0.15) is 10.4 Å². The molecule has 1 heterocycles. The molecule has 2 aromatic rings. The number of amides is 2. The van der Waals surface area contributed by atoms with Gasteiger partial charge in [-0.1, -0.05) is 12.1 Å². The maximum absolute atomic E-state index is 12.5. The molecule has 142 valence electrons. The summed E-state index contributed by atoms with van der Waals surface area (Å²) in [5.41, 5.74) is 2.43. The topological polar surface area (TPSA) is 61.9 Å². The van der Waals surface area contributed by atoms with Crippen molar-refractivity contribution < 1.29 is 14.3 Å². The Hall–Kier alpha value is -2.13. The van der Waals surface area contributed by atoms with Gasteiger partial charge in [-0.15, -0.1) is 0 Å². The highest BCUT2D eigenvalue weighted by Crippen LogP contribution is 2.19. The van der Waals surface area contributed by atoms with Crippen LogP contribution < -0.4 is 10.2 Å². The third-order valence-electron chi connectivity index (χ3n) is 4.36. The zero-order chi connectivity index (χ0) is 19.2. The van der Waals surface area contributed by atoms with E-state index in [1.165, 1.54) is 4.90 Å². The van der Waals surface area contributed by atoms with Crippen LogP contribution in [0.4, 0.5) is 11.4 Å².